The first kappa shape index (κ1) is 25.0. The predicted octanol–water partition coefficient (Wildman–Crippen LogP) is 5.10. The summed E-state index contributed by atoms with van der Waals surface area (Å²) in [6.45, 7) is 2.01. The van der Waals surface area contributed by atoms with E-state index in [0.29, 0.717) is 32.7 Å². The van der Waals surface area contributed by atoms with Crippen LogP contribution in [0.1, 0.15) is 18.1 Å². The van der Waals surface area contributed by atoms with E-state index in [9.17, 15) is 13.0 Å². The van der Waals surface area contributed by atoms with Gasteiger partial charge in [0.15, 0.2) is 22.5 Å². The summed E-state index contributed by atoms with van der Waals surface area (Å²) in [4.78, 5) is 0.450. The van der Waals surface area contributed by atoms with Gasteiger partial charge in [-0.3, -0.25) is 4.31 Å². The molecule has 0 saturated heterocycles. The Kier molecular flexibility index (Phi) is 8.29. The number of halogens is 3. The SMILES string of the molecule is COc1ccc(S(=O)N(c2ccc(Cl)cc2Cc2c(F)cccc2F)C(C)CN)cc1OC. The number of hydrogen-bond donors (Lipinski definition) is 1. The summed E-state index contributed by atoms with van der Waals surface area (Å²) in [5, 5.41) is 0.391. The van der Waals surface area contributed by atoms with Crippen LogP contribution in [-0.2, 0) is 17.4 Å². The van der Waals surface area contributed by atoms with Crippen LogP contribution in [-0.4, -0.2) is 31.0 Å². The second-order valence-corrected chi connectivity index (χ2v) is 9.13. The predicted molar refractivity (Wildman–Crippen MR) is 128 cm³/mol. The molecule has 3 aromatic rings. The first-order valence-electron chi connectivity index (χ1n) is 10.1. The Hall–Kier alpha value is -2.68. The maximum Gasteiger partial charge on any atom is 0.161 e. The van der Waals surface area contributed by atoms with Gasteiger partial charge in [-0.1, -0.05) is 17.7 Å². The number of benzene rings is 3. The highest BCUT2D eigenvalue weighted by Gasteiger charge is 2.26. The highest BCUT2D eigenvalue weighted by atomic mass is 35.5. The van der Waals surface area contributed by atoms with Crippen LogP contribution in [0.25, 0.3) is 0 Å². The van der Waals surface area contributed by atoms with Crippen LogP contribution in [0.5, 0.6) is 11.5 Å². The van der Waals surface area contributed by atoms with Crippen molar-refractivity contribution in [2.45, 2.75) is 24.3 Å². The molecule has 0 heterocycles. The summed E-state index contributed by atoms with van der Waals surface area (Å²) >= 11 is 6.21. The zero-order valence-electron chi connectivity index (χ0n) is 18.5. The molecule has 2 N–H and O–H groups in total. The third-order valence-corrected chi connectivity index (χ3v) is 6.99. The lowest BCUT2D eigenvalue weighted by atomic mass is 10.0. The molecule has 176 valence electrons. The normalized spacial score (nSPS) is 12.8. The lowest BCUT2D eigenvalue weighted by Crippen LogP contribution is -2.40. The molecule has 5 nitrogen and oxygen atoms in total. The quantitative estimate of drug-likeness (QED) is 0.449. The van der Waals surface area contributed by atoms with Gasteiger partial charge in [0, 0.05) is 29.6 Å². The molecule has 0 radical (unpaired) electrons. The van der Waals surface area contributed by atoms with E-state index < -0.39 is 22.6 Å². The van der Waals surface area contributed by atoms with Crippen LogP contribution in [0, 0.1) is 11.6 Å². The van der Waals surface area contributed by atoms with Crippen molar-refractivity contribution in [1.29, 1.82) is 0 Å². The fraction of sp³-hybridized carbons (Fsp3) is 0.250. The standard InChI is InChI=1S/C24H25ClF2N2O3S/c1-15(14-28)29(33(30)18-8-10-23(31-2)24(13-18)32-3)22-9-7-17(25)11-16(22)12-19-20(26)5-4-6-21(19)27/h4-11,13,15H,12,14,28H2,1-3H3. The van der Waals surface area contributed by atoms with E-state index >= 15 is 0 Å². The highest BCUT2D eigenvalue weighted by Crippen LogP contribution is 2.34. The topological polar surface area (TPSA) is 64.8 Å². The minimum absolute atomic E-state index is 0.0781. The van der Waals surface area contributed by atoms with Gasteiger partial charge in [-0.2, -0.15) is 0 Å². The van der Waals surface area contributed by atoms with Crippen LogP contribution in [0.2, 0.25) is 5.02 Å². The molecule has 3 aromatic carbocycles. The first-order chi connectivity index (χ1) is 15.8. The Morgan fingerprint density at radius 1 is 1.03 bits per heavy atom. The monoisotopic (exact) mass is 494 g/mol. The van der Waals surface area contributed by atoms with Crippen molar-refractivity contribution in [3.63, 3.8) is 0 Å². The van der Waals surface area contributed by atoms with Gasteiger partial charge in [-0.25, -0.2) is 13.0 Å². The number of nitrogens with zero attached hydrogens (tertiary/aromatic N) is 1. The van der Waals surface area contributed by atoms with Gasteiger partial charge in [-0.05, 0) is 55.0 Å². The van der Waals surface area contributed by atoms with Gasteiger partial charge in [0.1, 0.15) is 11.6 Å². The highest BCUT2D eigenvalue weighted by molar-refractivity contribution is 7.86. The van der Waals surface area contributed by atoms with Crippen molar-refractivity contribution < 1.29 is 22.5 Å². The summed E-state index contributed by atoms with van der Waals surface area (Å²) < 4.78 is 54.7. The molecule has 0 aliphatic carbocycles. The van der Waals surface area contributed by atoms with Gasteiger partial charge in [-0.15, -0.1) is 0 Å². The molecule has 0 aliphatic rings. The molecule has 0 bridgehead atoms. The van der Waals surface area contributed by atoms with Gasteiger partial charge in [0.05, 0.1) is 30.8 Å². The number of nitrogens with two attached hydrogens (primary N) is 1. The van der Waals surface area contributed by atoms with Crippen molar-refractivity contribution in [1.82, 2.24) is 0 Å². The summed E-state index contributed by atoms with van der Waals surface area (Å²) in [6, 6.07) is 13.2. The number of hydrogen-bond acceptors (Lipinski definition) is 4. The molecule has 2 atom stereocenters. The zero-order chi connectivity index (χ0) is 24.1. The molecular weight excluding hydrogens is 470 g/mol. The van der Waals surface area contributed by atoms with E-state index in [4.69, 9.17) is 26.8 Å². The fourth-order valence-corrected chi connectivity index (χ4v) is 5.01. The lowest BCUT2D eigenvalue weighted by molar-refractivity contribution is 0.354. The van der Waals surface area contributed by atoms with E-state index in [0.717, 1.165) is 0 Å². The van der Waals surface area contributed by atoms with Crippen molar-refractivity contribution >= 4 is 28.3 Å². The summed E-state index contributed by atoms with van der Waals surface area (Å²) in [6.07, 6.45) is -0.0781. The van der Waals surface area contributed by atoms with Crippen LogP contribution in [0.4, 0.5) is 14.5 Å². The molecule has 3 rings (SSSR count). The average molecular weight is 495 g/mol. The van der Waals surface area contributed by atoms with Gasteiger partial charge in [0.2, 0.25) is 0 Å². The molecule has 0 aliphatic heterocycles. The molecule has 33 heavy (non-hydrogen) atoms. The lowest BCUT2D eigenvalue weighted by Gasteiger charge is -2.31. The van der Waals surface area contributed by atoms with E-state index in [1.54, 1.807) is 40.7 Å². The number of anilines is 1. The Bertz CT molecular complexity index is 1140. The third-order valence-electron chi connectivity index (χ3n) is 5.18. The molecule has 0 spiro atoms. The molecule has 0 amide bonds. The van der Waals surface area contributed by atoms with Crippen LogP contribution >= 0.6 is 11.6 Å². The van der Waals surface area contributed by atoms with Gasteiger partial charge in [0.25, 0.3) is 0 Å². The Labute approximate surface area is 199 Å². The Balaban J connectivity index is 2.11. The first-order valence-corrected chi connectivity index (χ1v) is 11.6. The van der Waals surface area contributed by atoms with Crippen LogP contribution < -0.4 is 19.5 Å². The average Bonchev–Trinajstić information content (AvgIpc) is 2.82. The van der Waals surface area contributed by atoms with Gasteiger partial charge < -0.3 is 15.2 Å². The Morgan fingerprint density at radius 3 is 2.30 bits per heavy atom. The van der Waals surface area contributed by atoms with Crippen LogP contribution in [0.15, 0.2) is 59.5 Å². The molecule has 2 unspecified atom stereocenters. The van der Waals surface area contributed by atoms with Gasteiger partial charge >= 0.3 is 0 Å². The second-order valence-electron chi connectivity index (χ2n) is 7.33. The molecule has 0 saturated carbocycles. The summed E-state index contributed by atoms with van der Waals surface area (Å²) in [5.41, 5.74) is 6.86. The number of methoxy groups -OCH3 is 2. The second kappa shape index (κ2) is 11.0. The number of rotatable bonds is 9. The van der Waals surface area contributed by atoms with Crippen molar-refractivity contribution in [3.8, 4) is 11.5 Å². The summed E-state index contributed by atoms with van der Waals surface area (Å²) in [7, 11) is 1.28. The minimum atomic E-state index is -1.72. The maximum absolute atomic E-state index is 14.4. The van der Waals surface area contributed by atoms with Crippen LogP contribution in [0.3, 0.4) is 0 Å². The molecule has 0 fully saturated rings. The van der Waals surface area contributed by atoms with E-state index in [2.05, 4.69) is 0 Å². The van der Waals surface area contributed by atoms with Crippen molar-refractivity contribution in [2.24, 2.45) is 5.73 Å². The largest absolute Gasteiger partial charge is 0.493 e. The number of ether oxygens (including phenoxy) is 2. The Morgan fingerprint density at radius 2 is 1.70 bits per heavy atom. The zero-order valence-corrected chi connectivity index (χ0v) is 20.1. The van der Waals surface area contributed by atoms with Crippen molar-refractivity contribution in [3.05, 3.63) is 82.4 Å². The van der Waals surface area contributed by atoms with E-state index in [-0.39, 0.29) is 24.6 Å². The fourth-order valence-electron chi connectivity index (χ4n) is 3.43. The minimum Gasteiger partial charge on any atom is -0.493 e. The summed E-state index contributed by atoms with van der Waals surface area (Å²) in [5.74, 6) is -0.409. The molecular formula is C24H25ClF2N2O3S. The van der Waals surface area contributed by atoms with Crippen molar-refractivity contribution in [2.75, 3.05) is 25.1 Å². The third kappa shape index (κ3) is 5.46. The molecule has 0 aromatic heterocycles. The van der Waals surface area contributed by atoms with E-state index in [1.165, 1.54) is 32.4 Å². The smallest absolute Gasteiger partial charge is 0.161 e. The maximum atomic E-state index is 14.4. The molecule has 9 heteroatoms. The van der Waals surface area contributed by atoms with E-state index in [1.807, 2.05) is 6.92 Å².